The number of rotatable bonds is 4. The second-order valence-electron chi connectivity index (χ2n) is 10.00. The average molecular weight is 568 g/mol. The number of hydrogen-bond donors (Lipinski definition) is 2. The van der Waals surface area contributed by atoms with E-state index in [0.29, 0.717) is 56.5 Å². The molecule has 214 valence electrons. The third kappa shape index (κ3) is 6.01. The van der Waals surface area contributed by atoms with Crippen molar-refractivity contribution in [1.29, 1.82) is 0 Å². The molecular formula is C31H29N5O6. The summed E-state index contributed by atoms with van der Waals surface area (Å²) in [7, 11) is 0. The summed E-state index contributed by atoms with van der Waals surface area (Å²) in [6, 6.07) is 17.7. The maximum absolute atomic E-state index is 12.7. The van der Waals surface area contributed by atoms with E-state index in [4.69, 9.17) is 14.2 Å². The van der Waals surface area contributed by atoms with Crippen molar-refractivity contribution in [3.63, 3.8) is 0 Å². The number of benzene rings is 3. The fourth-order valence-electron chi connectivity index (χ4n) is 5.05. The molecule has 0 unspecified atom stereocenters. The first kappa shape index (κ1) is 27.2. The van der Waals surface area contributed by atoms with E-state index in [2.05, 4.69) is 26.7 Å². The van der Waals surface area contributed by atoms with E-state index in [1.165, 1.54) is 17.8 Å². The maximum atomic E-state index is 12.7. The Morgan fingerprint density at radius 2 is 1.98 bits per heavy atom. The molecule has 11 nitrogen and oxygen atoms in total. The zero-order valence-electron chi connectivity index (χ0n) is 22.8. The fraction of sp³-hybridized carbons (Fsp3) is 0.258. The van der Waals surface area contributed by atoms with Gasteiger partial charge in [-0.05, 0) is 60.9 Å². The minimum absolute atomic E-state index is 0.210. The second-order valence-corrected chi connectivity index (χ2v) is 10.00. The Hall–Kier alpha value is -5.03. The molecule has 6 bridgehead atoms. The molecule has 4 aromatic rings. The van der Waals surface area contributed by atoms with Crippen molar-refractivity contribution in [3.8, 4) is 22.8 Å². The molecule has 7 rings (SSSR count). The van der Waals surface area contributed by atoms with Gasteiger partial charge in [-0.2, -0.15) is 0 Å². The molecule has 42 heavy (non-hydrogen) atoms. The Morgan fingerprint density at radius 3 is 2.88 bits per heavy atom. The first-order chi connectivity index (χ1) is 20.5. The van der Waals surface area contributed by atoms with Gasteiger partial charge in [0.2, 0.25) is 5.95 Å². The highest BCUT2D eigenvalue weighted by molar-refractivity contribution is 5.96. The number of amides is 1. The molecule has 3 aliphatic heterocycles. The van der Waals surface area contributed by atoms with E-state index < -0.39 is 4.92 Å². The number of carbonyl (C=O) groups excluding carboxylic acids is 1. The SMILES string of the molecule is O=C1NCCCCOCc2cc(ccc2OCc2cccc3c2CCO3)Nc2nccc(n2)-c2ccc1cc2[N+](=O)[O-]. The highest BCUT2D eigenvalue weighted by Crippen LogP contribution is 2.32. The molecule has 0 saturated heterocycles. The van der Waals surface area contributed by atoms with Gasteiger partial charge in [-0.1, -0.05) is 12.1 Å². The molecule has 11 heteroatoms. The summed E-state index contributed by atoms with van der Waals surface area (Å²) in [4.78, 5) is 32.9. The third-order valence-electron chi connectivity index (χ3n) is 7.19. The molecule has 0 fully saturated rings. The van der Waals surface area contributed by atoms with Gasteiger partial charge in [0.05, 0.1) is 29.4 Å². The van der Waals surface area contributed by atoms with E-state index in [1.54, 1.807) is 18.2 Å². The maximum Gasteiger partial charge on any atom is 0.279 e. The smallest absolute Gasteiger partial charge is 0.279 e. The molecule has 3 aromatic carbocycles. The van der Waals surface area contributed by atoms with Crippen molar-refractivity contribution in [2.24, 2.45) is 0 Å². The zero-order valence-corrected chi connectivity index (χ0v) is 22.8. The van der Waals surface area contributed by atoms with Crippen molar-refractivity contribution in [2.45, 2.75) is 32.5 Å². The largest absolute Gasteiger partial charge is 0.493 e. The van der Waals surface area contributed by atoms with Crippen molar-refractivity contribution in [2.75, 3.05) is 25.1 Å². The molecule has 2 N–H and O–H groups in total. The van der Waals surface area contributed by atoms with Gasteiger partial charge in [-0.25, -0.2) is 9.97 Å². The third-order valence-corrected chi connectivity index (χ3v) is 7.19. The molecule has 0 aliphatic carbocycles. The van der Waals surface area contributed by atoms with Crippen molar-refractivity contribution in [3.05, 3.63) is 99.2 Å². The Kier molecular flexibility index (Phi) is 7.91. The van der Waals surface area contributed by atoms with Gasteiger partial charge in [-0.3, -0.25) is 14.9 Å². The van der Waals surface area contributed by atoms with Crippen molar-refractivity contribution >= 4 is 23.2 Å². The van der Waals surface area contributed by atoms with E-state index >= 15 is 0 Å². The number of hydrogen-bond acceptors (Lipinski definition) is 9. The van der Waals surface area contributed by atoms with Crippen LogP contribution in [0.4, 0.5) is 17.3 Å². The van der Waals surface area contributed by atoms with Crippen LogP contribution in [-0.4, -0.2) is 40.6 Å². The summed E-state index contributed by atoms with van der Waals surface area (Å²) >= 11 is 0. The second kappa shape index (κ2) is 12.2. The van der Waals surface area contributed by atoms with E-state index in [9.17, 15) is 14.9 Å². The first-order valence-corrected chi connectivity index (χ1v) is 13.8. The summed E-state index contributed by atoms with van der Waals surface area (Å²) in [5.41, 5.74) is 4.47. The van der Waals surface area contributed by atoms with E-state index in [1.807, 2.05) is 30.3 Å². The predicted molar refractivity (Wildman–Crippen MR) is 155 cm³/mol. The average Bonchev–Trinajstić information content (AvgIpc) is 3.49. The summed E-state index contributed by atoms with van der Waals surface area (Å²) in [5.74, 6) is 1.50. The van der Waals surface area contributed by atoms with Crippen LogP contribution in [0.15, 0.2) is 66.9 Å². The van der Waals surface area contributed by atoms with Gasteiger partial charge >= 0.3 is 0 Å². The van der Waals surface area contributed by atoms with Crippen LogP contribution < -0.4 is 20.1 Å². The predicted octanol–water partition coefficient (Wildman–Crippen LogP) is 5.35. The van der Waals surface area contributed by atoms with Crippen molar-refractivity contribution < 1.29 is 23.9 Å². The number of aromatic nitrogens is 2. The summed E-state index contributed by atoms with van der Waals surface area (Å²) < 4.78 is 18.0. The van der Waals surface area contributed by atoms with Crippen LogP contribution in [0, 0.1) is 10.1 Å². The molecule has 1 amide bonds. The molecule has 0 radical (unpaired) electrons. The number of ether oxygens (including phenoxy) is 3. The van der Waals surface area contributed by atoms with Crippen molar-refractivity contribution in [1.82, 2.24) is 15.3 Å². The van der Waals surface area contributed by atoms with Crippen LogP contribution in [0.5, 0.6) is 11.5 Å². The summed E-state index contributed by atoms with van der Waals surface area (Å²) in [5, 5.41) is 17.9. The lowest BCUT2D eigenvalue weighted by Crippen LogP contribution is -2.24. The fourth-order valence-corrected chi connectivity index (χ4v) is 5.05. The van der Waals surface area contributed by atoms with Gasteiger partial charge < -0.3 is 24.8 Å². The van der Waals surface area contributed by atoms with Crippen LogP contribution in [0.2, 0.25) is 0 Å². The molecule has 4 heterocycles. The first-order valence-electron chi connectivity index (χ1n) is 13.8. The topological polar surface area (TPSA) is 138 Å². The molecule has 1 aromatic heterocycles. The molecule has 0 spiro atoms. The Balaban J connectivity index is 1.30. The number of nitro groups is 1. The van der Waals surface area contributed by atoms with Crippen LogP contribution in [0.25, 0.3) is 11.3 Å². The van der Waals surface area contributed by atoms with Gasteiger partial charge in [0.1, 0.15) is 18.1 Å². The highest BCUT2D eigenvalue weighted by atomic mass is 16.6. The summed E-state index contributed by atoms with van der Waals surface area (Å²) in [6.07, 6.45) is 3.81. The molecule has 0 saturated carbocycles. The van der Waals surface area contributed by atoms with Crippen LogP contribution >= 0.6 is 0 Å². The van der Waals surface area contributed by atoms with Crippen LogP contribution in [0.3, 0.4) is 0 Å². The Labute approximate surface area is 242 Å². The molecule has 0 atom stereocenters. The normalized spacial score (nSPS) is 14.8. The highest BCUT2D eigenvalue weighted by Gasteiger charge is 2.21. The number of nitrogens with one attached hydrogen (secondary N) is 2. The van der Waals surface area contributed by atoms with E-state index in [0.717, 1.165) is 29.7 Å². The molecular weight excluding hydrogens is 538 g/mol. The monoisotopic (exact) mass is 567 g/mol. The number of anilines is 2. The zero-order chi connectivity index (χ0) is 28.9. The van der Waals surface area contributed by atoms with Crippen LogP contribution in [0.1, 0.15) is 39.9 Å². The number of carbonyl (C=O) groups is 1. The summed E-state index contributed by atoms with van der Waals surface area (Å²) in [6.45, 7) is 2.31. The van der Waals surface area contributed by atoms with E-state index in [-0.39, 0.29) is 28.7 Å². The number of nitrogens with zero attached hydrogens (tertiary/aromatic N) is 3. The standard InChI is InChI=1S/C31H29N5O6/c37-30-20-6-8-25(27(17-20)36(38)39)26-10-13-33-31(35-26)34-23-7-9-28(22(16-23)18-40-14-2-1-12-32-30)42-19-21-4-3-5-29-24(21)11-15-41-29/h3-10,13,16-17H,1-2,11-12,14-15,18-19H2,(H,32,37)(H,33,34,35). The minimum atomic E-state index is -0.511. The van der Waals surface area contributed by atoms with Gasteiger partial charge in [0.25, 0.3) is 11.6 Å². The quantitative estimate of drug-likeness (QED) is 0.247. The lowest BCUT2D eigenvalue weighted by atomic mass is 10.1. The van der Waals surface area contributed by atoms with Gasteiger partial charge in [-0.15, -0.1) is 0 Å². The number of nitro benzene ring substituents is 1. The molecule has 3 aliphatic rings. The lowest BCUT2D eigenvalue weighted by Gasteiger charge is -2.15. The van der Waals surface area contributed by atoms with Gasteiger partial charge in [0, 0.05) is 54.2 Å². The number of fused-ring (bicyclic) bond motifs is 10. The Morgan fingerprint density at radius 1 is 1.05 bits per heavy atom. The minimum Gasteiger partial charge on any atom is -0.493 e. The van der Waals surface area contributed by atoms with Gasteiger partial charge in [0.15, 0.2) is 0 Å². The Bertz CT molecular complexity index is 1640. The van der Waals surface area contributed by atoms with Crippen LogP contribution in [-0.2, 0) is 24.4 Å². The lowest BCUT2D eigenvalue weighted by molar-refractivity contribution is -0.384.